The minimum atomic E-state index is -1.22. The number of amides is 2. The molecule has 1 aromatic heterocycles. The molecule has 4 aromatic rings. The Labute approximate surface area is 203 Å². The third-order valence-electron chi connectivity index (χ3n) is 6.47. The number of carboxylic acid groups (broad SMARTS) is 1. The topological polar surface area (TPSA) is 75.4 Å². The number of carbonyl (C=O) groups excluding carboxylic acids is 1. The molecule has 6 nitrogen and oxygen atoms in total. The van der Waals surface area contributed by atoms with E-state index in [-0.39, 0.29) is 6.54 Å². The summed E-state index contributed by atoms with van der Waals surface area (Å²) in [5.74, 6) is -0.473. The van der Waals surface area contributed by atoms with Gasteiger partial charge in [0.15, 0.2) is 0 Å². The van der Waals surface area contributed by atoms with Gasteiger partial charge in [-0.15, -0.1) is 0 Å². The van der Waals surface area contributed by atoms with Crippen LogP contribution >= 0.6 is 0 Å². The summed E-state index contributed by atoms with van der Waals surface area (Å²) in [4.78, 5) is 29.6. The number of imidazole rings is 1. The molecule has 3 aromatic carbocycles. The number of hydrogen-bond acceptors (Lipinski definition) is 3. The average Bonchev–Trinajstić information content (AvgIpc) is 3.36. The maximum absolute atomic E-state index is 12.7. The number of likely N-dealkylation sites (tertiary alicyclic amines) is 1. The SMILES string of the molecule is O=C(O)N1CCC/C(=C/c2cn(C(c3ccccc3)(c3ccccc3)c3ccccc3)cn2)C1=O. The van der Waals surface area contributed by atoms with Gasteiger partial charge >= 0.3 is 6.09 Å². The molecule has 6 heteroatoms. The van der Waals surface area contributed by atoms with E-state index in [9.17, 15) is 14.7 Å². The lowest BCUT2D eigenvalue weighted by Crippen LogP contribution is -2.40. The van der Waals surface area contributed by atoms with Crippen molar-refractivity contribution in [1.82, 2.24) is 14.5 Å². The van der Waals surface area contributed by atoms with Crippen molar-refractivity contribution in [2.24, 2.45) is 0 Å². The van der Waals surface area contributed by atoms with Gasteiger partial charge in [0, 0.05) is 18.3 Å². The van der Waals surface area contributed by atoms with Crippen molar-refractivity contribution in [2.45, 2.75) is 18.4 Å². The summed E-state index contributed by atoms with van der Waals surface area (Å²) in [7, 11) is 0. The van der Waals surface area contributed by atoms with Crippen molar-refractivity contribution < 1.29 is 14.7 Å². The van der Waals surface area contributed by atoms with Gasteiger partial charge in [-0.25, -0.2) is 14.7 Å². The van der Waals surface area contributed by atoms with E-state index >= 15 is 0 Å². The van der Waals surface area contributed by atoms with E-state index < -0.39 is 17.5 Å². The third kappa shape index (κ3) is 4.04. The van der Waals surface area contributed by atoms with Gasteiger partial charge in [0.05, 0.1) is 12.0 Å². The zero-order valence-corrected chi connectivity index (χ0v) is 19.1. The first-order valence-corrected chi connectivity index (χ1v) is 11.6. The highest BCUT2D eigenvalue weighted by Crippen LogP contribution is 2.40. The molecule has 2 amide bonds. The van der Waals surface area contributed by atoms with Crippen LogP contribution in [-0.2, 0) is 10.3 Å². The lowest BCUT2D eigenvalue weighted by Gasteiger charge is -2.37. The number of benzene rings is 3. The predicted molar refractivity (Wildman–Crippen MR) is 134 cm³/mol. The van der Waals surface area contributed by atoms with Crippen LogP contribution in [0.5, 0.6) is 0 Å². The number of piperidine rings is 1. The standard InChI is InChI=1S/C29H25N3O3/c33-27-22(11-10-18-32(27)28(34)35)19-26-20-31(21-30-26)29(23-12-4-1-5-13-23,24-14-6-2-7-15-24)25-16-8-3-9-17-25/h1-9,12-17,19-21H,10-11,18H2,(H,34,35)/b22-19-. The Morgan fingerprint density at radius 2 is 1.37 bits per heavy atom. The minimum Gasteiger partial charge on any atom is -0.465 e. The maximum Gasteiger partial charge on any atom is 0.414 e. The van der Waals surface area contributed by atoms with Crippen molar-refractivity contribution in [1.29, 1.82) is 0 Å². The van der Waals surface area contributed by atoms with Crippen molar-refractivity contribution in [2.75, 3.05) is 6.54 Å². The Kier molecular flexibility index (Phi) is 6.02. The quantitative estimate of drug-likeness (QED) is 0.317. The largest absolute Gasteiger partial charge is 0.465 e. The van der Waals surface area contributed by atoms with Crippen LogP contribution in [-0.4, -0.2) is 38.1 Å². The normalized spacial score (nSPS) is 15.4. The van der Waals surface area contributed by atoms with Crippen molar-refractivity contribution in [3.63, 3.8) is 0 Å². The van der Waals surface area contributed by atoms with E-state index in [1.807, 2.05) is 60.8 Å². The molecule has 0 bridgehead atoms. The van der Waals surface area contributed by atoms with E-state index in [1.165, 1.54) is 0 Å². The number of hydrogen-bond donors (Lipinski definition) is 1. The third-order valence-corrected chi connectivity index (χ3v) is 6.47. The highest BCUT2D eigenvalue weighted by molar-refractivity contribution is 6.05. The summed E-state index contributed by atoms with van der Waals surface area (Å²) < 4.78 is 2.07. The van der Waals surface area contributed by atoms with Gasteiger partial charge in [-0.2, -0.15) is 0 Å². The molecule has 0 spiro atoms. The highest BCUT2D eigenvalue weighted by atomic mass is 16.4. The van der Waals surface area contributed by atoms with E-state index in [0.29, 0.717) is 24.1 Å². The molecule has 1 aliphatic rings. The van der Waals surface area contributed by atoms with Gasteiger partial charge < -0.3 is 9.67 Å². The van der Waals surface area contributed by atoms with Gasteiger partial charge in [0.1, 0.15) is 5.54 Å². The van der Waals surface area contributed by atoms with Gasteiger partial charge in [-0.3, -0.25) is 4.79 Å². The lowest BCUT2D eigenvalue weighted by atomic mass is 9.77. The molecule has 35 heavy (non-hydrogen) atoms. The second-order valence-corrected chi connectivity index (χ2v) is 8.53. The van der Waals surface area contributed by atoms with E-state index in [1.54, 1.807) is 12.4 Å². The van der Waals surface area contributed by atoms with Crippen LogP contribution in [0.4, 0.5) is 4.79 Å². The summed E-state index contributed by atoms with van der Waals surface area (Å²) in [6.45, 7) is 0.221. The summed E-state index contributed by atoms with van der Waals surface area (Å²) >= 11 is 0. The van der Waals surface area contributed by atoms with E-state index in [4.69, 9.17) is 0 Å². The summed E-state index contributed by atoms with van der Waals surface area (Å²) in [5.41, 5.74) is 3.57. The number of nitrogens with zero attached hydrogens (tertiary/aromatic N) is 3. The molecule has 174 valence electrons. The first-order valence-electron chi connectivity index (χ1n) is 11.6. The fraction of sp³-hybridized carbons (Fsp3) is 0.138. The van der Waals surface area contributed by atoms with E-state index in [0.717, 1.165) is 21.6 Å². The van der Waals surface area contributed by atoms with Crippen molar-refractivity contribution >= 4 is 18.1 Å². The Bertz CT molecular complexity index is 1270. The van der Waals surface area contributed by atoms with Gasteiger partial charge in [0.2, 0.25) is 0 Å². The summed E-state index contributed by atoms with van der Waals surface area (Å²) in [6, 6.07) is 30.8. The molecule has 0 aliphatic carbocycles. The molecule has 0 saturated carbocycles. The van der Waals surface area contributed by atoms with Gasteiger partial charge in [-0.05, 0) is 35.6 Å². The predicted octanol–water partition coefficient (Wildman–Crippen LogP) is 5.41. The highest BCUT2D eigenvalue weighted by Gasteiger charge is 2.38. The van der Waals surface area contributed by atoms with Crippen LogP contribution in [0.25, 0.3) is 6.08 Å². The van der Waals surface area contributed by atoms with Crippen LogP contribution in [0.1, 0.15) is 35.2 Å². The Hall–Kier alpha value is -4.45. The summed E-state index contributed by atoms with van der Waals surface area (Å²) in [6.07, 6.45) is 5.32. The molecule has 1 N–H and O–H groups in total. The number of carbonyl (C=O) groups is 2. The molecule has 1 fully saturated rings. The molecule has 0 radical (unpaired) electrons. The molecular weight excluding hydrogens is 438 g/mol. The first-order chi connectivity index (χ1) is 17.1. The lowest BCUT2D eigenvalue weighted by molar-refractivity contribution is -0.126. The monoisotopic (exact) mass is 463 g/mol. The molecule has 0 atom stereocenters. The number of imide groups is 1. The summed E-state index contributed by atoms with van der Waals surface area (Å²) in [5, 5.41) is 9.34. The van der Waals surface area contributed by atoms with Crippen LogP contribution in [0.2, 0.25) is 0 Å². The number of aromatic nitrogens is 2. The maximum atomic E-state index is 12.7. The molecule has 1 saturated heterocycles. The van der Waals surface area contributed by atoms with Crippen LogP contribution < -0.4 is 0 Å². The molecule has 1 aliphatic heterocycles. The van der Waals surface area contributed by atoms with Crippen molar-refractivity contribution in [3.05, 3.63) is 131 Å². The Morgan fingerprint density at radius 3 is 1.86 bits per heavy atom. The molecule has 0 unspecified atom stereocenters. The van der Waals surface area contributed by atoms with Gasteiger partial charge in [-0.1, -0.05) is 91.0 Å². The fourth-order valence-corrected chi connectivity index (χ4v) is 4.89. The molecule has 5 rings (SSSR count). The first kappa shape index (κ1) is 22.3. The van der Waals surface area contributed by atoms with E-state index in [2.05, 4.69) is 45.9 Å². The Balaban J connectivity index is 1.68. The second-order valence-electron chi connectivity index (χ2n) is 8.53. The fourth-order valence-electron chi connectivity index (χ4n) is 4.89. The van der Waals surface area contributed by atoms with Crippen LogP contribution in [0.15, 0.2) is 109 Å². The number of rotatable bonds is 5. The minimum absolute atomic E-state index is 0.221. The van der Waals surface area contributed by atoms with Crippen molar-refractivity contribution in [3.8, 4) is 0 Å². The van der Waals surface area contributed by atoms with Gasteiger partial charge in [0.25, 0.3) is 5.91 Å². The molecular formula is C29H25N3O3. The zero-order chi connectivity index (χ0) is 24.3. The smallest absolute Gasteiger partial charge is 0.414 e. The van der Waals surface area contributed by atoms with Crippen LogP contribution in [0, 0.1) is 0 Å². The average molecular weight is 464 g/mol. The second kappa shape index (κ2) is 9.43. The Morgan fingerprint density at radius 1 is 0.857 bits per heavy atom. The zero-order valence-electron chi connectivity index (χ0n) is 19.1. The molecule has 2 heterocycles. The van der Waals surface area contributed by atoms with Crippen LogP contribution in [0.3, 0.4) is 0 Å².